The fraction of sp³-hybridized carbons (Fsp3) is 0.0545. The maximum Gasteiger partial charge on any atom is 0.160 e. The average molecular weight is 759 g/mol. The van der Waals surface area contributed by atoms with E-state index < -0.39 is 0 Å². The first-order chi connectivity index (χ1) is 28.5. The van der Waals surface area contributed by atoms with Crippen LogP contribution in [0.1, 0.15) is 25.0 Å². The van der Waals surface area contributed by atoms with Crippen molar-refractivity contribution in [1.82, 2.24) is 9.97 Å². The first kappa shape index (κ1) is 34.3. The Kier molecular flexibility index (Phi) is 8.06. The van der Waals surface area contributed by atoms with Crippen molar-refractivity contribution in [1.29, 1.82) is 0 Å². The predicted molar refractivity (Wildman–Crippen MR) is 245 cm³/mol. The van der Waals surface area contributed by atoms with E-state index in [0.29, 0.717) is 5.82 Å². The van der Waals surface area contributed by atoms with Gasteiger partial charge in [0, 0.05) is 42.3 Å². The molecule has 0 fully saturated rings. The smallest absolute Gasteiger partial charge is 0.160 e. The van der Waals surface area contributed by atoms with Crippen LogP contribution in [0.4, 0.5) is 0 Å². The molecular formula is C55H38N2S. The zero-order chi connectivity index (χ0) is 38.8. The Bertz CT molecular complexity index is 3120. The Morgan fingerprint density at radius 3 is 1.76 bits per heavy atom. The summed E-state index contributed by atoms with van der Waals surface area (Å²) in [5.74, 6) is 0.708. The highest BCUT2D eigenvalue weighted by atomic mass is 32.1. The molecule has 0 saturated carbocycles. The summed E-state index contributed by atoms with van der Waals surface area (Å²) >= 11 is 1.86. The molecule has 0 N–H and O–H groups in total. The fourth-order valence-electron chi connectivity index (χ4n) is 8.98. The Morgan fingerprint density at radius 1 is 0.379 bits per heavy atom. The van der Waals surface area contributed by atoms with E-state index in [1.165, 1.54) is 59.1 Å². The van der Waals surface area contributed by atoms with Crippen molar-refractivity contribution in [2.45, 2.75) is 19.3 Å². The van der Waals surface area contributed by atoms with Gasteiger partial charge in [-0.15, -0.1) is 11.3 Å². The van der Waals surface area contributed by atoms with Gasteiger partial charge in [0.2, 0.25) is 0 Å². The molecule has 0 unspecified atom stereocenters. The molecule has 0 saturated heterocycles. The number of nitrogens with zero attached hydrogens (tertiary/aromatic N) is 2. The van der Waals surface area contributed by atoms with Gasteiger partial charge in [-0.05, 0) is 86.0 Å². The van der Waals surface area contributed by atoms with Gasteiger partial charge in [-0.1, -0.05) is 178 Å². The molecule has 11 rings (SSSR count). The second kappa shape index (κ2) is 13.6. The number of aromatic nitrogens is 2. The minimum absolute atomic E-state index is 0.0439. The topological polar surface area (TPSA) is 25.8 Å². The van der Waals surface area contributed by atoms with E-state index in [1.54, 1.807) is 0 Å². The van der Waals surface area contributed by atoms with Crippen molar-refractivity contribution in [2.75, 3.05) is 0 Å². The number of hydrogen-bond donors (Lipinski definition) is 0. The van der Waals surface area contributed by atoms with Crippen molar-refractivity contribution in [2.24, 2.45) is 0 Å². The fourth-order valence-corrected chi connectivity index (χ4v) is 10.2. The molecule has 2 nitrogen and oxygen atoms in total. The highest BCUT2D eigenvalue weighted by Crippen LogP contribution is 2.52. The van der Waals surface area contributed by atoms with Crippen LogP contribution in [0.5, 0.6) is 0 Å². The number of thiophene rings is 1. The number of benzene rings is 8. The molecule has 0 aliphatic heterocycles. The van der Waals surface area contributed by atoms with Gasteiger partial charge in [0.1, 0.15) is 0 Å². The molecule has 0 amide bonds. The summed E-state index contributed by atoms with van der Waals surface area (Å²) in [6.07, 6.45) is 0. The van der Waals surface area contributed by atoms with E-state index >= 15 is 0 Å². The average Bonchev–Trinajstić information content (AvgIpc) is 3.79. The minimum Gasteiger partial charge on any atom is -0.228 e. The quantitative estimate of drug-likeness (QED) is 0.169. The van der Waals surface area contributed by atoms with Gasteiger partial charge in [0.05, 0.1) is 11.4 Å². The third-order valence-electron chi connectivity index (χ3n) is 11.9. The van der Waals surface area contributed by atoms with Crippen LogP contribution in [0.2, 0.25) is 0 Å². The standard InChI is InChI=1S/C55H38N2S/c1-55(2)47-24-11-9-20-46(47)52-42(21-14-25-48(52)55)36-29-27-35(28-30-36)39-31-40(43-22-13-23-45-44-19-10-12-26-51(44)58-53(43)45)33-41(32-39)50-34-49(37-15-5-3-6-16-37)56-54(57-50)38-17-7-4-8-18-38/h3-34H,1-2H3. The maximum atomic E-state index is 5.27. The molecule has 2 aromatic heterocycles. The van der Waals surface area contributed by atoms with Crippen LogP contribution >= 0.6 is 11.3 Å². The largest absolute Gasteiger partial charge is 0.228 e. The van der Waals surface area contributed by atoms with Gasteiger partial charge in [-0.2, -0.15) is 0 Å². The summed E-state index contributed by atoms with van der Waals surface area (Å²) in [6, 6.07) is 70.1. The van der Waals surface area contributed by atoms with Gasteiger partial charge in [-0.3, -0.25) is 0 Å². The summed E-state index contributed by atoms with van der Waals surface area (Å²) in [5.41, 5.74) is 17.5. The van der Waals surface area contributed by atoms with Crippen LogP contribution < -0.4 is 0 Å². The molecule has 2 heterocycles. The number of fused-ring (bicyclic) bond motifs is 6. The lowest BCUT2D eigenvalue weighted by Crippen LogP contribution is -2.14. The Balaban J connectivity index is 1.10. The van der Waals surface area contributed by atoms with Gasteiger partial charge < -0.3 is 0 Å². The minimum atomic E-state index is -0.0439. The summed E-state index contributed by atoms with van der Waals surface area (Å²) < 4.78 is 2.59. The molecule has 1 aliphatic carbocycles. The van der Waals surface area contributed by atoms with Crippen molar-refractivity contribution in [3.63, 3.8) is 0 Å². The summed E-state index contributed by atoms with van der Waals surface area (Å²) in [7, 11) is 0. The molecule has 3 heteroatoms. The molecule has 0 bridgehead atoms. The van der Waals surface area contributed by atoms with E-state index in [4.69, 9.17) is 9.97 Å². The second-order valence-corrected chi connectivity index (χ2v) is 16.8. The summed E-state index contributed by atoms with van der Waals surface area (Å²) in [5, 5.41) is 2.58. The summed E-state index contributed by atoms with van der Waals surface area (Å²) in [6.45, 7) is 4.69. The maximum absolute atomic E-state index is 5.27. The highest BCUT2D eigenvalue weighted by molar-refractivity contribution is 7.26. The van der Waals surface area contributed by atoms with Crippen molar-refractivity contribution in [3.05, 3.63) is 205 Å². The molecule has 10 aromatic rings. The summed E-state index contributed by atoms with van der Waals surface area (Å²) in [4.78, 5) is 10.4. The third-order valence-corrected chi connectivity index (χ3v) is 13.1. The van der Waals surface area contributed by atoms with Crippen molar-refractivity contribution in [3.8, 4) is 78.4 Å². The molecule has 8 aromatic carbocycles. The zero-order valence-electron chi connectivity index (χ0n) is 32.3. The number of hydrogen-bond acceptors (Lipinski definition) is 3. The van der Waals surface area contributed by atoms with Crippen molar-refractivity contribution < 1.29 is 0 Å². The van der Waals surface area contributed by atoms with Gasteiger partial charge in [0.25, 0.3) is 0 Å². The predicted octanol–water partition coefficient (Wildman–Crippen LogP) is 15.2. The lowest BCUT2D eigenvalue weighted by Gasteiger charge is -2.21. The first-order valence-corrected chi connectivity index (χ1v) is 20.7. The van der Waals surface area contributed by atoms with Crippen LogP contribution in [0.15, 0.2) is 194 Å². The normalized spacial score (nSPS) is 12.8. The van der Waals surface area contributed by atoms with E-state index in [1.807, 2.05) is 35.6 Å². The van der Waals surface area contributed by atoms with Crippen LogP contribution in [0.3, 0.4) is 0 Å². The third kappa shape index (κ3) is 5.69. The lowest BCUT2D eigenvalue weighted by molar-refractivity contribution is 0.660. The van der Waals surface area contributed by atoms with Crippen LogP contribution in [-0.4, -0.2) is 9.97 Å². The van der Waals surface area contributed by atoms with Gasteiger partial charge in [-0.25, -0.2) is 9.97 Å². The molecule has 1 aliphatic rings. The molecular weight excluding hydrogens is 721 g/mol. The number of rotatable bonds is 6. The van der Waals surface area contributed by atoms with E-state index in [2.05, 4.69) is 184 Å². The van der Waals surface area contributed by atoms with Gasteiger partial charge in [0.15, 0.2) is 5.82 Å². The molecule has 0 radical (unpaired) electrons. The Labute approximate surface area is 342 Å². The SMILES string of the molecule is CC1(C)c2ccccc2-c2c(-c3ccc(-c4cc(-c5cc(-c6ccccc6)nc(-c6ccccc6)n5)cc(-c5cccc6c5sc5ccccc56)c4)cc3)cccc21. The zero-order valence-corrected chi connectivity index (χ0v) is 33.1. The Hall–Kier alpha value is -6.94. The molecule has 0 spiro atoms. The Morgan fingerprint density at radius 2 is 0.948 bits per heavy atom. The monoisotopic (exact) mass is 758 g/mol. The van der Waals surface area contributed by atoms with Crippen LogP contribution in [0, 0.1) is 0 Å². The van der Waals surface area contributed by atoms with Gasteiger partial charge >= 0.3 is 0 Å². The second-order valence-electron chi connectivity index (χ2n) is 15.7. The molecule has 58 heavy (non-hydrogen) atoms. The highest BCUT2D eigenvalue weighted by Gasteiger charge is 2.36. The van der Waals surface area contributed by atoms with Crippen molar-refractivity contribution >= 4 is 31.5 Å². The van der Waals surface area contributed by atoms with E-state index in [9.17, 15) is 0 Å². The van der Waals surface area contributed by atoms with E-state index in [-0.39, 0.29) is 5.41 Å². The van der Waals surface area contributed by atoms with Crippen LogP contribution in [0.25, 0.3) is 98.6 Å². The first-order valence-electron chi connectivity index (χ1n) is 19.9. The molecule has 274 valence electrons. The van der Waals surface area contributed by atoms with E-state index in [0.717, 1.165) is 44.8 Å². The molecule has 0 atom stereocenters. The van der Waals surface area contributed by atoms with Crippen LogP contribution in [-0.2, 0) is 5.41 Å². The lowest BCUT2D eigenvalue weighted by atomic mass is 9.82.